The molecule has 0 aliphatic rings. The Labute approximate surface area is 69.5 Å². The molecule has 0 heterocycles. The summed E-state index contributed by atoms with van der Waals surface area (Å²) < 4.78 is 0. The van der Waals surface area contributed by atoms with Crippen molar-refractivity contribution in [2.45, 2.75) is 13.8 Å². The molecule has 0 aromatic rings. The Morgan fingerprint density at radius 2 is 1.42 bits per heavy atom. The molecule has 0 aliphatic heterocycles. The SMILES string of the molecule is CC(C)C(C(=O)NO)C(=O)NO. The number of hydroxylamine groups is 2. The van der Waals surface area contributed by atoms with E-state index in [1.165, 1.54) is 11.0 Å². The van der Waals surface area contributed by atoms with E-state index in [1.54, 1.807) is 13.8 Å². The van der Waals surface area contributed by atoms with Gasteiger partial charge in [0.05, 0.1) is 0 Å². The van der Waals surface area contributed by atoms with E-state index in [2.05, 4.69) is 0 Å². The minimum atomic E-state index is -1.08. The molecule has 0 atom stereocenters. The van der Waals surface area contributed by atoms with Gasteiger partial charge in [-0.15, -0.1) is 0 Å². The van der Waals surface area contributed by atoms with E-state index in [9.17, 15) is 9.59 Å². The average molecular weight is 176 g/mol. The lowest BCUT2D eigenvalue weighted by Crippen LogP contribution is -2.41. The van der Waals surface area contributed by atoms with E-state index < -0.39 is 17.7 Å². The van der Waals surface area contributed by atoms with Gasteiger partial charge in [-0.25, -0.2) is 11.0 Å². The fourth-order valence-electron chi connectivity index (χ4n) is 0.864. The average Bonchev–Trinajstić information content (AvgIpc) is 2.03. The molecule has 6 heteroatoms. The number of carbonyl (C=O) groups excluding carboxylic acids is 2. The Morgan fingerprint density at radius 1 is 1.08 bits per heavy atom. The molecule has 12 heavy (non-hydrogen) atoms. The van der Waals surface area contributed by atoms with E-state index in [0.717, 1.165) is 0 Å². The van der Waals surface area contributed by atoms with Crippen LogP contribution in [0.3, 0.4) is 0 Å². The van der Waals surface area contributed by atoms with E-state index in [1.807, 2.05) is 0 Å². The van der Waals surface area contributed by atoms with Crippen LogP contribution in [0.25, 0.3) is 0 Å². The van der Waals surface area contributed by atoms with Crippen LogP contribution in [0.2, 0.25) is 0 Å². The van der Waals surface area contributed by atoms with Crippen molar-refractivity contribution in [2.75, 3.05) is 0 Å². The highest BCUT2D eigenvalue weighted by molar-refractivity contribution is 5.99. The van der Waals surface area contributed by atoms with Crippen LogP contribution >= 0.6 is 0 Å². The molecule has 0 aromatic heterocycles. The first-order chi connectivity index (χ1) is 5.54. The van der Waals surface area contributed by atoms with E-state index in [-0.39, 0.29) is 5.92 Å². The van der Waals surface area contributed by atoms with E-state index >= 15 is 0 Å². The minimum Gasteiger partial charge on any atom is -0.289 e. The zero-order chi connectivity index (χ0) is 9.72. The van der Waals surface area contributed by atoms with Gasteiger partial charge in [0.1, 0.15) is 5.92 Å². The molecule has 0 fully saturated rings. The molecule has 2 amide bonds. The van der Waals surface area contributed by atoms with Gasteiger partial charge >= 0.3 is 0 Å². The summed E-state index contributed by atoms with van der Waals surface area (Å²) in [5, 5.41) is 16.5. The van der Waals surface area contributed by atoms with Gasteiger partial charge in [-0.05, 0) is 5.92 Å². The summed E-state index contributed by atoms with van der Waals surface area (Å²) in [6.45, 7) is 3.24. The number of rotatable bonds is 3. The van der Waals surface area contributed by atoms with Crippen molar-refractivity contribution in [3.63, 3.8) is 0 Å². The number of carbonyl (C=O) groups is 2. The Hall–Kier alpha value is -1.14. The van der Waals surface area contributed by atoms with Crippen LogP contribution in [0.15, 0.2) is 0 Å². The Balaban J connectivity index is 4.43. The third kappa shape index (κ3) is 2.48. The maximum absolute atomic E-state index is 10.8. The topological polar surface area (TPSA) is 98.7 Å². The number of hydrogen-bond acceptors (Lipinski definition) is 4. The Bertz CT molecular complexity index is 164. The number of amides is 2. The van der Waals surface area contributed by atoms with Gasteiger partial charge in [0, 0.05) is 0 Å². The second-order valence-corrected chi connectivity index (χ2v) is 2.67. The van der Waals surface area contributed by atoms with Crippen molar-refractivity contribution in [1.29, 1.82) is 0 Å². The maximum atomic E-state index is 10.8. The lowest BCUT2D eigenvalue weighted by atomic mass is 9.95. The number of hydrogen-bond donors (Lipinski definition) is 4. The van der Waals surface area contributed by atoms with E-state index in [0.29, 0.717) is 0 Å². The second kappa shape index (κ2) is 4.68. The summed E-state index contributed by atoms with van der Waals surface area (Å²) in [7, 11) is 0. The third-order valence-corrected chi connectivity index (χ3v) is 1.45. The molecule has 0 bridgehead atoms. The molecule has 0 radical (unpaired) electrons. The van der Waals surface area contributed by atoms with Crippen molar-refractivity contribution in [1.82, 2.24) is 11.0 Å². The molecular weight excluding hydrogens is 164 g/mol. The smallest absolute Gasteiger partial charge is 0.256 e. The quantitative estimate of drug-likeness (QED) is 0.259. The molecule has 0 saturated heterocycles. The normalized spacial score (nSPS) is 10.2. The first-order valence-corrected chi connectivity index (χ1v) is 3.42. The monoisotopic (exact) mass is 176 g/mol. The molecular formula is C6H12N2O4. The summed E-state index contributed by atoms with van der Waals surface area (Å²) in [5.41, 5.74) is 2.70. The Kier molecular flexibility index (Phi) is 4.24. The zero-order valence-corrected chi connectivity index (χ0v) is 6.87. The molecule has 4 N–H and O–H groups in total. The molecule has 0 rings (SSSR count). The van der Waals surface area contributed by atoms with Gasteiger partial charge in [-0.3, -0.25) is 20.0 Å². The van der Waals surface area contributed by atoms with Gasteiger partial charge in [0.2, 0.25) is 0 Å². The van der Waals surface area contributed by atoms with Crippen LogP contribution in [0.1, 0.15) is 13.8 Å². The lowest BCUT2D eigenvalue weighted by Gasteiger charge is -2.15. The third-order valence-electron chi connectivity index (χ3n) is 1.45. The summed E-state index contributed by atoms with van der Waals surface area (Å²) in [4.78, 5) is 21.6. The van der Waals surface area contributed by atoms with Gasteiger partial charge in [-0.2, -0.15) is 0 Å². The highest BCUT2D eigenvalue weighted by Crippen LogP contribution is 2.10. The largest absolute Gasteiger partial charge is 0.289 e. The molecule has 0 saturated carbocycles. The van der Waals surface area contributed by atoms with Crippen molar-refractivity contribution < 1.29 is 20.0 Å². The lowest BCUT2D eigenvalue weighted by molar-refractivity contribution is -0.146. The second-order valence-electron chi connectivity index (χ2n) is 2.67. The summed E-state index contributed by atoms with van der Waals surface area (Å²) >= 11 is 0. The standard InChI is InChI=1S/C6H12N2O4/c1-3(2)4(5(9)7-11)6(10)8-12/h3-4,11-12H,1-2H3,(H,7,9)(H,8,10). The van der Waals surface area contributed by atoms with Gasteiger partial charge in [-0.1, -0.05) is 13.8 Å². The van der Waals surface area contributed by atoms with Gasteiger partial charge in [0.25, 0.3) is 11.8 Å². The maximum Gasteiger partial charge on any atom is 0.256 e. The van der Waals surface area contributed by atoms with Crippen LogP contribution in [-0.4, -0.2) is 22.2 Å². The van der Waals surface area contributed by atoms with Gasteiger partial charge in [0.15, 0.2) is 0 Å². The molecule has 6 nitrogen and oxygen atoms in total. The fraction of sp³-hybridized carbons (Fsp3) is 0.667. The highest BCUT2D eigenvalue weighted by Gasteiger charge is 2.29. The van der Waals surface area contributed by atoms with Crippen molar-refractivity contribution in [3.05, 3.63) is 0 Å². The molecule has 0 unspecified atom stereocenters. The van der Waals surface area contributed by atoms with Gasteiger partial charge < -0.3 is 0 Å². The number of nitrogens with one attached hydrogen (secondary N) is 2. The van der Waals surface area contributed by atoms with Crippen molar-refractivity contribution in [3.8, 4) is 0 Å². The summed E-state index contributed by atoms with van der Waals surface area (Å²) in [5.74, 6) is -3.06. The first-order valence-electron chi connectivity index (χ1n) is 3.42. The Morgan fingerprint density at radius 3 is 1.58 bits per heavy atom. The van der Waals surface area contributed by atoms with Crippen molar-refractivity contribution in [2.24, 2.45) is 11.8 Å². The molecule has 0 aliphatic carbocycles. The van der Waals surface area contributed by atoms with Crippen LogP contribution in [0.5, 0.6) is 0 Å². The zero-order valence-electron chi connectivity index (χ0n) is 6.87. The minimum absolute atomic E-state index is 0.302. The summed E-state index contributed by atoms with van der Waals surface area (Å²) in [6.07, 6.45) is 0. The van der Waals surface area contributed by atoms with E-state index in [4.69, 9.17) is 10.4 Å². The van der Waals surface area contributed by atoms with Crippen LogP contribution in [-0.2, 0) is 9.59 Å². The van der Waals surface area contributed by atoms with Crippen molar-refractivity contribution >= 4 is 11.8 Å². The molecule has 0 aromatic carbocycles. The predicted molar refractivity (Wildman–Crippen MR) is 38.2 cm³/mol. The molecule has 0 spiro atoms. The van der Waals surface area contributed by atoms with Crippen LogP contribution < -0.4 is 11.0 Å². The fourth-order valence-corrected chi connectivity index (χ4v) is 0.864. The molecule has 70 valence electrons. The predicted octanol–water partition coefficient (Wildman–Crippen LogP) is -0.731. The summed E-state index contributed by atoms with van der Waals surface area (Å²) in [6, 6.07) is 0. The first kappa shape index (κ1) is 10.9. The van der Waals surface area contributed by atoms with Crippen LogP contribution in [0.4, 0.5) is 0 Å². The van der Waals surface area contributed by atoms with Crippen LogP contribution in [0, 0.1) is 11.8 Å². The highest BCUT2D eigenvalue weighted by atomic mass is 16.5.